The molecule has 0 amide bonds. The lowest BCUT2D eigenvalue weighted by atomic mass is 10.0. The summed E-state index contributed by atoms with van der Waals surface area (Å²) < 4.78 is 51.8. The number of hydrogen-bond acceptors (Lipinski definition) is 4. The molecule has 206 valence electrons. The van der Waals surface area contributed by atoms with Crippen LogP contribution in [-0.2, 0) is 19.8 Å². The number of halogens is 4. The Hall–Kier alpha value is -3.40. The first kappa shape index (κ1) is 25.9. The van der Waals surface area contributed by atoms with Crippen molar-refractivity contribution in [2.45, 2.75) is 50.4 Å². The highest BCUT2D eigenvalue weighted by Gasteiger charge is 2.35. The minimum Gasteiger partial charge on any atom is -0.494 e. The van der Waals surface area contributed by atoms with E-state index in [1.807, 2.05) is 17.8 Å². The lowest BCUT2D eigenvalue weighted by molar-refractivity contribution is -0.138. The summed E-state index contributed by atoms with van der Waals surface area (Å²) in [5, 5.41) is 5.37. The molecule has 0 unspecified atom stereocenters. The van der Waals surface area contributed by atoms with Crippen LogP contribution in [0.2, 0.25) is 5.02 Å². The quantitative estimate of drug-likeness (QED) is 0.291. The van der Waals surface area contributed by atoms with Gasteiger partial charge in [0.2, 0.25) is 0 Å². The fraction of sp³-hybridized carbons (Fsp3) is 0.429. The summed E-state index contributed by atoms with van der Waals surface area (Å²) in [6.45, 7) is 1.13. The Kier molecular flexibility index (Phi) is 6.40. The van der Waals surface area contributed by atoms with Gasteiger partial charge in [-0.05, 0) is 49.4 Å². The second-order valence-electron chi connectivity index (χ2n) is 10.4. The number of rotatable bonds is 6. The summed E-state index contributed by atoms with van der Waals surface area (Å²) in [4.78, 5) is 16.1. The van der Waals surface area contributed by atoms with E-state index in [9.17, 15) is 18.0 Å². The summed E-state index contributed by atoms with van der Waals surface area (Å²) in [5.41, 5.74) is 1.04. The van der Waals surface area contributed by atoms with Gasteiger partial charge in [-0.15, -0.1) is 0 Å². The maximum absolute atomic E-state index is 13.9. The number of alkyl halides is 3. The molecule has 3 heterocycles. The highest BCUT2D eigenvalue weighted by atomic mass is 35.5. The zero-order valence-electron chi connectivity index (χ0n) is 21.7. The van der Waals surface area contributed by atoms with Gasteiger partial charge < -0.3 is 9.64 Å². The van der Waals surface area contributed by atoms with Gasteiger partial charge >= 0.3 is 11.9 Å². The largest absolute Gasteiger partial charge is 0.494 e. The first-order chi connectivity index (χ1) is 18.7. The monoisotopic (exact) mass is 559 g/mol. The van der Waals surface area contributed by atoms with Crippen LogP contribution in [0, 0.1) is 0 Å². The Morgan fingerprint density at radius 1 is 1.05 bits per heavy atom. The molecule has 0 radical (unpaired) electrons. The van der Waals surface area contributed by atoms with E-state index in [-0.39, 0.29) is 23.8 Å². The van der Waals surface area contributed by atoms with Gasteiger partial charge in [0.1, 0.15) is 22.1 Å². The standard InChI is InChI=1S/C28H29ClF3N5O2/c1-34-26(23(29)24(33-34)17-10-11-17)35-14-12-19(13-15-35)37-21-8-5-9-22(39-2)25(21)36(27(37)38)16-18-6-3-4-7-20(18)28(30,31)32/h3-9,17,19H,10-16H2,1-2H3. The predicted octanol–water partition coefficient (Wildman–Crippen LogP) is 5.98. The van der Waals surface area contributed by atoms with E-state index in [2.05, 4.69) is 10.00 Å². The molecular formula is C28H29ClF3N5O2. The summed E-state index contributed by atoms with van der Waals surface area (Å²) in [5.74, 6) is 1.79. The van der Waals surface area contributed by atoms with Crippen LogP contribution < -0.4 is 15.3 Å². The molecule has 0 bridgehead atoms. The number of imidazole rings is 1. The number of para-hydroxylation sites is 1. The van der Waals surface area contributed by atoms with E-state index >= 15 is 0 Å². The van der Waals surface area contributed by atoms with Crippen molar-refractivity contribution in [3.63, 3.8) is 0 Å². The number of anilines is 1. The number of hydrogen-bond donors (Lipinski definition) is 0. The summed E-state index contributed by atoms with van der Waals surface area (Å²) in [7, 11) is 3.40. The molecule has 1 aliphatic heterocycles. The van der Waals surface area contributed by atoms with Crippen LogP contribution in [0.25, 0.3) is 11.0 Å². The van der Waals surface area contributed by atoms with Gasteiger partial charge in [0.25, 0.3) is 0 Å². The van der Waals surface area contributed by atoms with Gasteiger partial charge in [0.05, 0.1) is 30.4 Å². The molecule has 1 saturated carbocycles. The average Bonchev–Trinajstić information content (AvgIpc) is 3.66. The van der Waals surface area contributed by atoms with Gasteiger partial charge in [-0.3, -0.25) is 13.8 Å². The normalized spacial score (nSPS) is 16.8. The SMILES string of the molecule is COc1cccc2c1n(Cc1ccccc1C(F)(F)F)c(=O)n2C1CCN(c2c(Cl)c(C3CC3)nn2C)CC1. The van der Waals surface area contributed by atoms with Crippen molar-refractivity contribution in [1.82, 2.24) is 18.9 Å². The van der Waals surface area contributed by atoms with Crippen LogP contribution in [0.15, 0.2) is 47.3 Å². The van der Waals surface area contributed by atoms with Crippen molar-refractivity contribution < 1.29 is 17.9 Å². The van der Waals surface area contributed by atoms with Crippen LogP contribution in [0.5, 0.6) is 5.75 Å². The van der Waals surface area contributed by atoms with Gasteiger partial charge in [0, 0.05) is 32.1 Å². The smallest absolute Gasteiger partial charge is 0.416 e. The molecular weight excluding hydrogens is 531 g/mol. The summed E-state index contributed by atoms with van der Waals surface area (Å²) in [6, 6.07) is 10.6. The molecule has 2 aromatic carbocycles. The lowest BCUT2D eigenvalue weighted by Gasteiger charge is -2.34. The number of ether oxygens (including phenoxy) is 1. The van der Waals surface area contributed by atoms with Crippen LogP contribution >= 0.6 is 11.6 Å². The molecule has 0 N–H and O–H groups in total. The average molecular weight is 560 g/mol. The predicted molar refractivity (Wildman–Crippen MR) is 144 cm³/mol. The van der Waals surface area contributed by atoms with Crippen molar-refractivity contribution in [1.29, 1.82) is 0 Å². The highest BCUT2D eigenvalue weighted by molar-refractivity contribution is 6.33. The Morgan fingerprint density at radius 3 is 2.44 bits per heavy atom. The van der Waals surface area contributed by atoms with Gasteiger partial charge in [0.15, 0.2) is 0 Å². The number of aromatic nitrogens is 4. The van der Waals surface area contributed by atoms with E-state index in [0.29, 0.717) is 53.7 Å². The Labute approximate surface area is 228 Å². The fourth-order valence-electron chi connectivity index (χ4n) is 5.88. The van der Waals surface area contributed by atoms with E-state index in [0.717, 1.165) is 30.4 Å². The zero-order chi connectivity index (χ0) is 27.5. The molecule has 1 saturated heterocycles. The molecule has 6 rings (SSSR count). The Balaban J connectivity index is 1.35. The summed E-state index contributed by atoms with van der Waals surface area (Å²) >= 11 is 6.74. The molecule has 2 aliphatic rings. The third kappa shape index (κ3) is 4.48. The number of piperidine rings is 1. The van der Waals surface area contributed by atoms with Crippen LogP contribution in [0.1, 0.15) is 54.5 Å². The molecule has 7 nitrogen and oxygen atoms in total. The topological polar surface area (TPSA) is 57.2 Å². The van der Waals surface area contributed by atoms with Crippen LogP contribution in [-0.4, -0.2) is 39.1 Å². The first-order valence-corrected chi connectivity index (χ1v) is 13.5. The van der Waals surface area contributed by atoms with E-state index < -0.39 is 11.7 Å². The minimum atomic E-state index is -4.53. The zero-order valence-corrected chi connectivity index (χ0v) is 22.5. The number of nitrogens with zero attached hydrogens (tertiary/aromatic N) is 5. The summed E-state index contributed by atoms with van der Waals surface area (Å²) in [6.07, 6.45) is -0.947. The number of methoxy groups -OCH3 is 1. The number of aryl methyl sites for hydroxylation is 1. The molecule has 0 atom stereocenters. The molecule has 4 aromatic rings. The van der Waals surface area contributed by atoms with Crippen molar-refractivity contribution in [2.75, 3.05) is 25.1 Å². The van der Waals surface area contributed by atoms with Crippen molar-refractivity contribution in [3.05, 3.63) is 74.8 Å². The maximum Gasteiger partial charge on any atom is 0.416 e. The second-order valence-corrected chi connectivity index (χ2v) is 10.7. The molecule has 2 fully saturated rings. The molecule has 2 aromatic heterocycles. The molecule has 0 spiro atoms. The second kappa shape index (κ2) is 9.66. The van der Waals surface area contributed by atoms with E-state index in [4.69, 9.17) is 16.3 Å². The van der Waals surface area contributed by atoms with Gasteiger partial charge in [-0.25, -0.2) is 4.79 Å². The van der Waals surface area contributed by atoms with Gasteiger partial charge in [-0.1, -0.05) is 35.9 Å². The van der Waals surface area contributed by atoms with E-state index in [1.165, 1.54) is 23.8 Å². The van der Waals surface area contributed by atoms with Crippen molar-refractivity contribution in [3.8, 4) is 5.75 Å². The van der Waals surface area contributed by atoms with Crippen molar-refractivity contribution in [2.24, 2.45) is 7.05 Å². The lowest BCUT2D eigenvalue weighted by Crippen LogP contribution is -2.38. The molecule has 11 heteroatoms. The highest BCUT2D eigenvalue weighted by Crippen LogP contribution is 2.46. The van der Waals surface area contributed by atoms with E-state index in [1.54, 1.807) is 22.8 Å². The third-order valence-electron chi connectivity index (χ3n) is 7.89. The first-order valence-electron chi connectivity index (χ1n) is 13.1. The minimum absolute atomic E-state index is 0.0317. The fourth-order valence-corrected chi connectivity index (χ4v) is 6.31. The molecule has 39 heavy (non-hydrogen) atoms. The third-order valence-corrected chi connectivity index (χ3v) is 8.26. The number of benzene rings is 2. The van der Waals surface area contributed by atoms with Gasteiger partial charge in [-0.2, -0.15) is 18.3 Å². The molecule has 1 aliphatic carbocycles. The Bertz CT molecular complexity index is 1590. The van der Waals surface area contributed by atoms with Crippen molar-refractivity contribution >= 4 is 28.5 Å². The van der Waals surface area contributed by atoms with Crippen LogP contribution in [0.4, 0.5) is 19.0 Å². The Morgan fingerprint density at radius 2 is 1.77 bits per heavy atom. The van der Waals surface area contributed by atoms with Crippen LogP contribution in [0.3, 0.4) is 0 Å². The number of fused-ring (bicyclic) bond motifs is 1. The maximum atomic E-state index is 13.9.